The summed E-state index contributed by atoms with van der Waals surface area (Å²) in [6.45, 7) is 8.32. The van der Waals surface area contributed by atoms with Gasteiger partial charge in [-0.15, -0.1) is 0 Å². The molecule has 3 nitrogen and oxygen atoms in total. The molecule has 98 valence electrons. The lowest BCUT2D eigenvalue weighted by molar-refractivity contribution is 0.00578. The minimum Gasteiger partial charge on any atom is -0.403 e. The van der Waals surface area contributed by atoms with E-state index >= 15 is 0 Å². The van der Waals surface area contributed by atoms with E-state index in [2.05, 4.69) is 39.8 Å². The van der Waals surface area contributed by atoms with Gasteiger partial charge in [-0.25, -0.2) is 0 Å². The smallest absolute Gasteiger partial charge is 0.403 e. The number of nitrogens with two attached hydrogens (primary N) is 1. The molecule has 0 atom stereocenters. The van der Waals surface area contributed by atoms with Gasteiger partial charge in [-0.05, 0) is 58.1 Å². The molecule has 4 heteroatoms. The minimum atomic E-state index is -0.237. The number of hydrogen-bond donors (Lipinski definition) is 1. The van der Waals surface area contributed by atoms with E-state index in [1.165, 1.54) is 5.56 Å². The van der Waals surface area contributed by atoms with Gasteiger partial charge in [0.25, 0.3) is 0 Å². The van der Waals surface area contributed by atoms with E-state index in [4.69, 9.17) is 15.0 Å². The van der Waals surface area contributed by atoms with Crippen LogP contribution >= 0.6 is 0 Å². The van der Waals surface area contributed by atoms with Crippen molar-refractivity contribution in [3.05, 3.63) is 29.8 Å². The maximum absolute atomic E-state index is 5.96. The quantitative estimate of drug-likeness (QED) is 0.659. The third-order valence-corrected chi connectivity index (χ3v) is 3.95. The van der Waals surface area contributed by atoms with Gasteiger partial charge in [0.05, 0.1) is 11.2 Å². The molecule has 0 amide bonds. The first-order valence-electron chi connectivity index (χ1n) is 6.50. The monoisotopic (exact) mass is 247 g/mol. The summed E-state index contributed by atoms with van der Waals surface area (Å²) in [5.41, 5.74) is 7.26. The van der Waals surface area contributed by atoms with Crippen LogP contribution in [-0.2, 0) is 15.7 Å². The third kappa shape index (κ3) is 2.70. The number of hydrogen-bond acceptors (Lipinski definition) is 3. The van der Waals surface area contributed by atoms with Crippen LogP contribution in [0, 0.1) is 0 Å². The summed E-state index contributed by atoms with van der Waals surface area (Å²) in [6.07, 6.45) is 1.81. The van der Waals surface area contributed by atoms with Crippen molar-refractivity contribution >= 4 is 12.8 Å². The molecule has 0 unspecified atom stereocenters. The van der Waals surface area contributed by atoms with Crippen molar-refractivity contribution in [3.8, 4) is 0 Å². The lowest BCUT2D eigenvalue weighted by Crippen LogP contribution is -2.41. The predicted octanol–water partition coefficient (Wildman–Crippen LogP) is 2.90. The number of nitrogen functional groups attached to an aromatic ring is 1. The normalized spacial score (nSPS) is 21.2. The summed E-state index contributed by atoms with van der Waals surface area (Å²) in [4.78, 5) is 0. The highest BCUT2D eigenvalue weighted by molar-refractivity contribution is 6.45. The second kappa shape index (κ2) is 4.59. The van der Waals surface area contributed by atoms with Gasteiger partial charge in [-0.2, -0.15) is 0 Å². The van der Waals surface area contributed by atoms with E-state index in [1.807, 2.05) is 12.1 Å². The lowest BCUT2D eigenvalue weighted by atomic mass is 9.81. The number of anilines is 1. The molecule has 1 aromatic carbocycles. The van der Waals surface area contributed by atoms with Crippen LogP contribution in [0.4, 0.5) is 5.69 Å². The zero-order chi connectivity index (χ0) is 13.4. The van der Waals surface area contributed by atoms with E-state index in [0.29, 0.717) is 0 Å². The Morgan fingerprint density at radius 3 is 2.00 bits per heavy atom. The van der Waals surface area contributed by atoms with Gasteiger partial charge in [0.1, 0.15) is 0 Å². The van der Waals surface area contributed by atoms with Crippen LogP contribution in [0.2, 0.25) is 6.32 Å². The molecular weight excluding hydrogens is 225 g/mol. The van der Waals surface area contributed by atoms with Gasteiger partial charge in [0.2, 0.25) is 0 Å². The molecule has 1 heterocycles. The fourth-order valence-electron chi connectivity index (χ4n) is 2.05. The van der Waals surface area contributed by atoms with Crippen molar-refractivity contribution in [1.82, 2.24) is 0 Å². The third-order valence-electron chi connectivity index (χ3n) is 3.95. The van der Waals surface area contributed by atoms with Gasteiger partial charge in [-0.3, -0.25) is 0 Å². The minimum absolute atomic E-state index is 0.118. The first kappa shape index (κ1) is 13.4. The molecule has 1 aliphatic heterocycles. The van der Waals surface area contributed by atoms with Crippen LogP contribution in [-0.4, -0.2) is 18.3 Å². The van der Waals surface area contributed by atoms with Gasteiger partial charge in [0, 0.05) is 5.69 Å². The Bertz CT molecular complexity index is 398. The average molecular weight is 247 g/mol. The summed E-state index contributed by atoms with van der Waals surface area (Å²) in [5.74, 6) is 0. The van der Waals surface area contributed by atoms with Crippen LogP contribution in [0.15, 0.2) is 24.3 Å². The van der Waals surface area contributed by atoms with Crippen molar-refractivity contribution in [1.29, 1.82) is 0 Å². The van der Waals surface area contributed by atoms with E-state index in [-0.39, 0.29) is 18.3 Å². The lowest BCUT2D eigenvalue weighted by Gasteiger charge is -2.32. The molecule has 0 aliphatic carbocycles. The van der Waals surface area contributed by atoms with Gasteiger partial charge >= 0.3 is 7.12 Å². The molecule has 0 saturated carbocycles. The fraction of sp³-hybridized carbons (Fsp3) is 0.571. The van der Waals surface area contributed by atoms with E-state index < -0.39 is 0 Å². The topological polar surface area (TPSA) is 44.5 Å². The summed E-state index contributed by atoms with van der Waals surface area (Å²) in [7, 11) is -0.118. The Labute approximate surface area is 110 Å². The van der Waals surface area contributed by atoms with Crippen LogP contribution in [0.5, 0.6) is 0 Å². The molecule has 1 saturated heterocycles. The first-order valence-corrected chi connectivity index (χ1v) is 6.50. The molecule has 1 fully saturated rings. The van der Waals surface area contributed by atoms with Crippen LogP contribution in [0.3, 0.4) is 0 Å². The largest absolute Gasteiger partial charge is 0.458 e. The number of aryl methyl sites for hydroxylation is 1. The molecular formula is C14H22BNO2. The summed E-state index contributed by atoms with van der Waals surface area (Å²) < 4.78 is 11.9. The highest BCUT2D eigenvalue weighted by atomic mass is 16.7. The maximum atomic E-state index is 5.96. The van der Waals surface area contributed by atoms with Gasteiger partial charge < -0.3 is 15.0 Å². The summed E-state index contributed by atoms with van der Waals surface area (Å²) in [6, 6.07) is 7.97. The van der Waals surface area contributed by atoms with E-state index in [1.54, 1.807) is 0 Å². The van der Waals surface area contributed by atoms with Crippen molar-refractivity contribution < 1.29 is 9.31 Å². The molecule has 1 aliphatic rings. The highest BCUT2D eigenvalue weighted by Gasteiger charge is 2.50. The first-order chi connectivity index (χ1) is 8.30. The van der Waals surface area contributed by atoms with Crippen molar-refractivity contribution in [2.24, 2.45) is 0 Å². The molecule has 1 aromatic rings. The average Bonchev–Trinajstić information content (AvgIpc) is 2.47. The summed E-state index contributed by atoms with van der Waals surface area (Å²) in [5, 5.41) is 0. The van der Waals surface area contributed by atoms with Gasteiger partial charge in [-0.1, -0.05) is 12.1 Å². The molecule has 0 radical (unpaired) electrons. The Hall–Kier alpha value is -0.995. The molecule has 2 rings (SSSR count). The Morgan fingerprint density at radius 2 is 1.50 bits per heavy atom. The second-order valence-electron chi connectivity index (χ2n) is 5.97. The van der Waals surface area contributed by atoms with Crippen molar-refractivity contribution in [2.75, 3.05) is 5.73 Å². The van der Waals surface area contributed by atoms with Crippen LogP contribution in [0.25, 0.3) is 0 Å². The van der Waals surface area contributed by atoms with E-state index in [0.717, 1.165) is 18.4 Å². The zero-order valence-electron chi connectivity index (χ0n) is 11.7. The molecule has 18 heavy (non-hydrogen) atoms. The molecule has 0 spiro atoms. The zero-order valence-corrected chi connectivity index (χ0v) is 11.7. The maximum Gasteiger partial charge on any atom is 0.458 e. The van der Waals surface area contributed by atoms with Gasteiger partial charge in [0.15, 0.2) is 0 Å². The fourth-order valence-corrected chi connectivity index (χ4v) is 2.05. The Morgan fingerprint density at radius 1 is 1.00 bits per heavy atom. The van der Waals surface area contributed by atoms with Crippen molar-refractivity contribution in [2.45, 2.75) is 51.6 Å². The number of rotatable bonds is 3. The van der Waals surface area contributed by atoms with Crippen molar-refractivity contribution in [3.63, 3.8) is 0 Å². The second-order valence-corrected chi connectivity index (χ2v) is 5.97. The summed E-state index contributed by atoms with van der Waals surface area (Å²) >= 11 is 0. The van der Waals surface area contributed by atoms with Crippen LogP contribution < -0.4 is 5.73 Å². The highest BCUT2D eigenvalue weighted by Crippen LogP contribution is 2.37. The molecule has 2 N–H and O–H groups in total. The predicted molar refractivity (Wildman–Crippen MR) is 75.4 cm³/mol. The molecule has 0 aromatic heterocycles. The molecule has 0 bridgehead atoms. The number of benzene rings is 1. The van der Waals surface area contributed by atoms with Crippen LogP contribution in [0.1, 0.15) is 33.3 Å². The van der Waals surface area contributed by atoms with E-state index in [9.17, 15) is 0 Å². The standard InChI is InChI=1S/C14H22BNO2/c1-13(2)14(3,4)18-15(17-13)10-9-11-5-7-12(16)8-6-11/h5-8H,9-10,16H2,1-4H3. The Balaban J connectivity index is 1.91. The Kier molecular flexibility index (Phi) is 3.43. The SMILES string of the molecule is CC1(C)OB(CCc2ccc(N)cc2)OC1(C)C.